The normalized spacial score (nSPS) is 17.8. The van der Waals surface area contributed by atoms with E-state index in [9.17, 15) is 17.6 Å². The van der Waals surface area contributed by atoms with Gasteiger partial charge in [-0.3, -0.25) is 9.52 Å². The van der Waals surface area contributed by atoms with E-state index in [0.29, 0.717) is 18.7 Å². The number of nitrogens with zero attached hydrogens (tertiary/aromatic N) is 1. The molecule has 3 rings (SSSR count). The molecule has 3 N–H and O–H groups in total. The molecule has 0 aliphatic carbocycles. The van der Waals surface area contributed by atoms with Crippen LogP contribution < -0.4 is 10.5 Å². The van der Waals surface area contributed by atoms with Crippen molar-refractivity contribution in [2.24, 2.45) is 5.73 Å². The molecule has 1 fully saturated rings. The average Bonchev–Trinajstić information content (AvgIpc) is 2.63. The van der Waals surface area contributed by atoms with Crippen molar-refractivity contribution in [1.29, 1.82) is 0 Å². The molecule has 138 valence electrons. The van der Waals surface area contributed by atoms with Crippen LogP contribution in [0.25, 0.3) is 0 Å². The van der Waals surface area contributed by atoms with Crippen LogP contribution in [0.4, 0.5) is 10.1 Å². The first kappa shape index (κ1) is 18.3. The molecule has 8 heteroatoms. The molecule has 0 radical (unpaired) electrons. The molecule has 0 bridgehead atoms. The zero-order valence-corrected chi connectivity index (χ0v) is 14.9. The molecule has 6 nitrogen and oxygen atoms in total. The van der Waals surface area contributed by atoms with Gasteiger partial charge in [0.15, 0.2) is 0 Å². The Kier molecular flexibility index (Phi) is 5.24. The molecule has 1 amide bonds. The predicted molar refractivity (Wildman–Crippen MR) is 96.8 cm³/mol. The summed E-state index contributed by atoms with van der Waals surface area (Å²) in [6.45, 7) is 1.13. The molecule has 1 saturated heterocycles. The summed E-state index contributed by atoms with van der Waals surface area (Å²) >= 11 is 0. The topological polar surface area (TPSA) is 92.5 Å². The summed E-state index contributed by atoms with van der Waals surface area (Å²) in [4.78, 5) is 14.1. The lowest BCUT2D eigenvalue weighted by atomic mass is 10.1. The lowest BCUT2D eigenvalue weighted by Gasteiger charge is -2.30. The smallest absolute Gasteiger partial charge is 0.261 e. The van der Waals surface area contributed by atoms with E-state index in [1.807, 2.05) is 0 Å². The van der Waals surface area contributed by atoms with Crippen LogP contribution in [0.2, 0.25) is 0 Å². The molecule has 1 atom stereocenters. The highest BCUT2D eigenvalue weighted by atomic mass is 32.2. The van der Waals surface area contributed by atoms with Crippen LogP contribution in [0.5, 0.6) is 0 Å². The first-order valence-electron chi connectivity index (χ1n) is 8.29. The Bertz CT molecular complexity index is 900. The minimum Gasteiger partial charge on any atom is -0.337 e. The zero-order chi connectivity index (χ0) is 18.7. The van der Waals surface area contributed by atoms with Crippen molar-refractivity contribution in [2.75, 3.05) is 17.8 Å². The van der Waals surface area contributed by atoms with Crippen LogP contribution in [0, 0.1) is 5.82 Å². The summed E-state index contributed by atoms with van der Waals surface area (Å²) in [6.07, 6.45) is 1.74. The summed E-state index contributed by atoms with van der Waals surface area (Å²) in [5.41, 5.74) is 6.16. The Balaban J connectivity index is 1.76. The number of amides is 1. The largest absolute Gasteiger partial charge is 0.337 e. The van der Waals surface area contributed by atoms with Crippen LogP contribution in [-0.2, 0) is 10.0 Å². The Morgan fingerprint density at radius 3 is 2.50 bits per heavy atom. The van der Waals surface area contributed by atoms with E-state index in [-0.39, 0.29) is 22.5 Å². The molecule has 1 unspecified atom stereocenters. The number of benzene rings is 2. The maximum Gasteiger partial charge on any atom is 0.261 e. The molecule has 0 spiro atoms. The molecule has 2 aromatic carbocycles. The fraction of sp³-hybridized carbons (Fsp3) is 0.278. The third-order valence-corrected chi connectivity index (χ3v) is 5.66. The number of hydrogen-bond donors (Lipinski definition) is 2. The minimum absolute atomic E-state index is 0.0303. The lowest BCUT2D eigenvalue weighted by Crippen LogP contribution is -2.45. The van der Waals surface area contributed by atoms with Crippen LogP contribution in [0.1, 0.15) is 23.2 Å². The van der Waals surface area contributed by atoms with Gasteiger partial charge in [-0.15, -0.1) is 0 Å². The molecule has 26 heavy (non-hydrogen) atoms. The SMILES string of the molecule is NC1CCCN(C(=O)c2ccc(S(=O)(=O)Nc3ccccc3F)cc2)C1. The number of piperidine rings is 1. The van der Waals surface area contributed by atoms with Gasteiger partial charge in [0, 0.05) is 24.7 Å². The second-order valence-corrected chi connectivity index (χ2v) is 7.95. The van der Waals surface area contributed by atoms with Crippen molar-refractivity contribution in [2.45, 2.75) is 23.8 Å². The number of nitrogens with two attached hydrogens (primary N) is 1. The van der Waals surface area contributed by atoms with Gasteiger partial charge in [-0.25, -0.2) is 12.8 Å². The van der Waals surface area contributed by atoms with E-state index < -0.39 is 15.8 Å². The summed E-state index contributed by atoms with van der Waals surface area (Å²) in [5, 5.41) is 0. The quantitative estimate of drug-likeness (QED) is 0.854. The van der Waals surface area contributed by atoms with Gasteiger partial charge in [0.2, 0.25) is 0 Å². The first-order chi connectivity index (χ1) is 12.4. The van der Waals surface area contributed by atoms with Crippen LogP contribution in [0.15, 0.2) is 53.4 Å². The number of para-hydroxylation sites is 1. The van der Waals surface area contributed by atoms with Crippen LogP contribution >= 0.6 is 0 Å². The maximum atomic E-state index is 13.7. The monoisotopic (exact) mass is 377 g/mol. The molecule has 0 saturated carbocycles. The van der Waals surface area contributed by atoms with Crippen LogP contribution in [0.3, 0.4) is 0 Å². The van der Waals surface area contributed by atoms with Gasteiger partial charge in [0.25, 0.3) is 15.9 Å². The number of halogens is 1. The van der Waals surface area contributed by atoms with Gasteiger partial charge in [-0.2, -0.15) is 0 Å². The standard InChI is InChI=1S/C18H20FN3O3S/c19-16-5-1-2-6-17(16)21-26(24,25)15-9-7-13(8-10-15)18(23)22-11-3-4-14(20)12-22/h1-2,5-10,14,21H,3-4,11-12,20H2. The van der Waals surface area contributed by atoms with Gasteiger partial charge < -0.3 is 10.6 Å². The molecule has 1 heterocycles. The van der Waals surface area contributed by atoms with E-state index in [4.69, 9.17) is 5.73 Å². The fourth-order valence-corrected chi connectivity index (χ4v) is 3.97. The summed E-state index contributed by atoms with van der Waals surface area (Å²) in [7, 11) is -3.95. The van der Waals surface area contributed by atoms with Gasteiger partial charge in [0.05, 0.1) is 10.6 Å². The highest BCUT2D eigenvalue weighted by Crippen LogP contribution is 2.20. The van der Waals surface area contributed by atoms with Crippen molar-refractivity contribution in [1.82, 2.24) is 4.90 Å². The fourth-order valence-electron chi connectivity index (χ4n) is 2.90. The maximum absolute atomic E-state index is 13.7. The number of nitrogens with one attached hydrogen (secondary N) is 1. The zero-order valence-electron chi connectivity index (χ0n) is 14.1. The Morgan fingerprint density at radius 1 is 1.15 bits per heavy atom. The lowest BCUT2D eigenvalue weighted by molar-refractivity contribution is 0.0708. The first-order valence-corrected chi connectivity index (χ1v) is 9.77. The van der Waals surface area contributed by atoms with Gasteiger partial charge >= 0.3 is 0 Å². The van der Waals surface area contributed by atoms with Crippen LogP contribution in [-0.4, -0.2) is 38.4 Å². The van der Waals surface area contributed by atoms with Crippen molar-refractivity contribution in [3.63, 3.8) is 0 Å². The summed E-state index contributed by atoms with van der Waals surface area (Å²) in [5.74, 6) is -0.838. The number of likely N-dealkylation sites (tertiary alicyclic amines) is 1. The van der Waals surface area contributed by atoms with Gasteiger partial charge in [-0.1, -0.05) is 12.1 Å². The Hall–Kier alpha value is -2.45. The van der Waals surface area contributed by atoms with Gasteiger partial charge in [-0.05, 0) is 49.2 Å². The highest BCUT2D eigenvalue weighted by molar-refractivity contribution is 7.92. The van der Waals surface area contributed by atoms with Crippen molar-refractivity contribution < 1.29 is 17.6 Å². The highest BCUT2D eigenvalue weighted by Gasteiger charge is 2.23. The van der Waals surface area contributed by atoms with E-state index in [2.05, 4.69) is 4.72 Å². The number of rotatable bonds is 4. The average molecular weight is 377 g/mol. The van der Waals surface area contributed by atoms with E-state index in [1.165, 1.54) is 48.5 Å². The molecular formula is C18H20FN3O3S. The third-order valence-electron chi connectivity index (χ3n) is 4.27. The predicted octanol–water partition coefficient (Wildman–Crippen LogP) is 2.19. The Labute approximate surface area is 151 Å². The summed E-state index contributed by atoms with van der Waals surface area (Å²) < 4.78 is 40.6. The molecule has 1 aliphatic heterocycles. The minimum atomic E-state index is -3.95. The van der Waals surface area contributed by atoms with E-state index in [0.717, 1.165) is 12.8 Å². The molecule has 2 aromatic rings. The van der Waals surface area contributed by atoms with E-state index in [1.54, 1.807) is 4.90 Å². The van der Waals surface area contributed by atoms with Crippen molar-refractivity contribution >= 4 is 21.6 Å². The Morgan fingerprint density at radius 2 is 1.85 bits per heavy atom. The second-order valence-electron chi connectivity index (χ2n) is 6.26. The van der Waals surface area contributed by atoms with Crippen molar-refractivity contribution in [3.8, 4) is 0 Å². The van der Waals surface area contributed by atoms with Crippen molar-refractivity contribution in [3.05, 3.63) is 59.9 Å². The summed E-state index contributed by atoms with van der Waals surface area (Å²) in [6, 6.07) is 11.1. The van der Waals surface area contributed by atoms with E-state index >= 15 is 0 Å². The molecule has 0 aromatic heterocycles. The number of hydrogen-bond acceptors (Lipinski definition) is 4. The number of carbonyl (C=O) groups is 1. The second kappa shape index (κ2) is 7.43. The van der Waals surface area contributed by atoms with Gasteiger partial charge in [0.1, 0.15) is 5.82 Å². The number of carbonyl (C=O) groups excluding carboxylic acids is 1. The third kappa shape index (κ3) is 4.03. The number of anilines is 1. The molecule has 1 aliphatic rings. The molecular weight excluding hydrogens is 357 g/mol. The number of sulfonamides is 1.